The Morgan fingerprint density at radius 1 is 1.53 bits per heavy atom. The fourth-order valence-corrected chi connectivity index (χ4v) is 0.947. The van der Waals surface area contributed by atoms with Gasteiger partial charge in [-0.1, -0.05) is 17.0 Å². The molecular weight excluding hydrogens is 192 g/mol. The lowest BCUT2D eigenvalue weighted by Gasteiger charge is -1.97. The summed E-state index contributed by atoms with van der Waals surface area (Å²) in [7, 11) is 0. The summed E-state index contributed by atoms with van der Waals surface area (Å²) in [5.41, 5.74) is 14.5. The standard InChI is InChI=1S/C10H10N4O/c11-9-7-8(4-5-10(9)15)3-1-2-6-13-14-12/h4-5,7,15H,2,6,11H2. The van der Waals surface area contributed by atoms with E-state index in [9.17, 15) is 0 Å². The highest BCUT2D eigenvalue weighted by atomic mass is 16.3. The summed E-state index contributed by atoms with van der Waals surface area (Å²) < 4.78 is 0. The molecule has 1 aromatic rings. The van der Waals surface area contributed by atoms with Crippen LogP contribution in [0.3, 0.4) is 0 Å². The van der Waals surface area contributed by atoms with Gasteiger partial charge in [0.1, 0.15) is 5.75 Å². The van der Waals surface area contributed by atoms with E-state index in [-0.39, 0.29) is 5.75 Å². The van der Waals surface area contributed by atoms with Gasteiger partial charge in [-0.25, -0.2) is 0 Å². The van der Waals surface area contributed by atoms with Crippen molar-refractivity contribution < 1.29 is 5.11 Å². The molecule has 76 valence electrons. The van der Waals surface area contributed by atoms with Crippen LogP contribution in [0.15, 0.2) is 23.3 Å². The van der Waals surface area contributed by atoms with Gasteiger partial charge in [0.15, 0.2) is 0 Å². The van der Waals surface area contributed by atoms with Gasteiger partial charge in [0.2, 0.25) is 0 Å². The number of hydrogen-bond donors (Lipinski definition) is 2. The number of nitrogens with zero attached hydrogens (tertiary/aromatic N) is 3. The van der Waals surface area contributed by atoms with Crippen molar-refractivity contribution in [3.05, 3.63) is 34.2 Å². The predicted octanol–water partition coefficient (Wildman–Crippen LogP) is 2.03. The molecule has 0 saturated carbocycles. The average molecular weight is 202 g/mol. The van der Waals surface area contributed by atoms with Crippen molar-refractivity contribution in [2.45, 2.75) is 6.42 Å². The SMILES string of the molecule is [N-]=[N+]=NCCC#Cc1ccc(O)c(N)c1. The summed E-state index contributed by atoms with van der Waals surface area (Å²) in [5, 5.41) is 12.5. The van der Waals surface area contributed by atoms with Gasteiger partial charge >= 0.3 is 0 Å². The molecule has 1 aromatic carbocycles. The number of nitrogen functional groups attached to an aromatic ring is 1. The van der Waals surface area contributed by atoms with E-state index in [1.54, 1.807) is 12.1 Å². The summed E-state index contributed by atoms with van der Waals surface area (Å²) in [6.45, 7) is 0.358. The number of nitrogens with two attached hydrogens (primary N) is 1. The van der Waals surface area contributed by atoms with Crippen molar-refractivity contribution in [2.75, 3.05) is 12.3 Å². The zero-order valence-corrected chi connectivity index (χ0v) is 8.01. The molecule has 3 N–H and O–H groups in total. The summed E-state index contributed by atoms with van der Waals surface area (Å²) in [4.78, 5) is 2.61. The van der Waals surface area contributed by atoms with Crippen molar-refractivity contribution >= 4 is 5.69 Å². The molecule has 0 radical (unpaired) electrons. The molecule has 0 aliphatic rings. The minimum Gasteiger partial charge on any atom is -0.506 e. The highest BCUT2D eigenvalue weighted by Crippen LogP contribution is 2.19. The van der Waals surface area contributed by atoms with Gasteiger partial charge in [0.25, 0.3) is 0 Å². The second-order valence-corrected chi connectivity index (χ2v) is 2.78. The maximum absolute atomic E-state index is 9.16. The van der Waals surface area contributed by atoms with E-state index in [0.717, 1.165) is 5.56 Å². The number of hydrogen-bond acceptors (Lipinski definition) is 3. The molecule has 5 heteroatoms. The Hall–Kier alpha value is -2.31. The van der Waals surface area contributed by atoms with Crippen LogP contribution in [0.1, 0.15) is 12.0 Å². The fourth-order valence-electron chi connectivity index (χ4n) is 0.947. The first-order valence-corrected chi connectivity index (χ1v) is 4.32. The van der Waals surface area contributed by atoms with Gasteiger partial charge in [0.05, 0.1) is 5.69 Å². The molecule has 0 amide bonds. The van der Waals surface area contributed by atoms with Crippen LogP contribution in [0.2, 0.25) is 0 Å². The summed E-state index contributed by atoms with van der Waals surface area (Å²) in [5.74, 6) is 5.73. The zero-order valence-electron chi connectivity index (χ0n) is 8.01. The first kappa shape index (κ1) is 10.8. The van der Waals surface area contributed by atoms with Gasteiger partial charge in [0, 0.05) is 23.4 Å². The molecule has 0 spiro atoms. The smallest absolute Gasteiger partial charge is 0.138 e. The van der Waals surface area contributed by atoms with Crippen molar-refractivity contribution in [3.8, 4) is 17.6 Å². The molecule has 0 fully saturated rings. The minimum absolute atomic E-state index is 0.0506. The van der Waals surface area contributed by atoms with E-state index in [2.05, 4.69) is 21.9 Å². The van der Waals surface area contributed by atoms with Crippen molar-refractivity contribution in [1.29, 1.82) is 0 Å². The largest absolute Gasteiger partial charge is 0.506 e. The van der Waals surface area contributed by atoms with E-state index in [1.807, 2.05) is 0 Å². The molecular formula is C10H10N4O. The third-order valence-electron chi connectivity index (χ3n) is 1.66. The lowest BCUT2D eigenvalue weighted by atomic mass is 10.2. The summed E-state index contributed by atoms with van der Waals surface area (Å²) in [6, 6.07) is 4.76. The highest BCUT2D eigenvalue weighted by molar-refractivity contribution is 5.56. The Kier molecular flexibility index (Phi) is 3.90. The Labute approximate surface area is 87.2 Å². The number of azide groups is 1. The topological polar surface area (TPSA) is 95.0 Å². The molecule has 0 aliphatic heterocycles. The second-order valence-electron chi connectivity index (χ2n) is 2.78. The van der Waals surface area contributed by atoms with Crippen LogP contribution >= 0.6 is 0 Å². The van der Waals surface area contributed by atoms with Crippen molar-refractivity contribution in [2.24, 2.45) is 5.11 Å². The number of benzene rings is 1. The number of phenols is 1. The minimum atomic E-state index is 0.0506. The number of aromatic hydroxyl groups is 1. The molecule has 0 heterocycles. The summed E-state index contributed by atoms with van der Waals surface area (Å²) in [6.07, 6.45) is 0.505. The number of anilines is 1. The lowest BCUT2D eigenvalue weighted by Crippen LogP contribution is -1.86. The van der Waals surface area contributed by atoms with Crippen LogP contribution in [-0.4, -0.2) is 11.7 Å². The molecule has 0 bridgehead atoms. The maximum atomic E-state index is 9.16. The summed E-state index contributed by atoms with van der Waals surface area (Å²) >= 11 is 0. The predicted molar refractivity (Wildman–Crippen MR) is 58.0 cm³/mol. The zero-order chi connectivity index (χ0) is 11.1. The lowest BCUT2D eigenvalue weighted by molar-refractivity contribution is 0.478. The quantitative estimate of drug-likeness (QED) is 0.146. The Morgan fingerprint density at radius 2 is 2.33 bits per heavy atom. The van der Waals surface area contributed by atoms with Gasteiger partial charge in [-0.2, -0.15) is 0 Å². The van der Waals surface area contributed by atoms with Crippen LogP contribution in [0.5, 0.6) is 5.75 Å². The monoisotopic (exact) mass is 202 g/mol. The van der Waals surface area contributed by atoms with Gasteiger partial charge < -0.3 is 10.8 Å². The molecule has 1 rings (SSSR count). The average Bonchev–Trinajstić information content (AvgIpc) is 2.23. The van der Waals surface area contributed by atoms with Crippen LogP contribution in [0.4, 0.5) is 5.69 Å². The Bertz CT molecular complexity index is 452. The molecule has 0 atom stereocenters. The van der Waals surface area contributed by atoms with E-state index < -0.39 is 0 Å². The fraction of sp³-hybridized carbons (Fsp3) is 0.200. The Morgan fingerprint density at radius 3 is 3.00 bits per heavy atom. The third-order valence-corrected chi connectivity index (χ3v) is 1.66. The van der Waals surface area contributed by atoms with Crippen LogP contribution in [0, 0.1) is 11.8 Å². The van der Waals surface area contributed by atoms with Gasteiger partial charge in [-0.3, -0.25) is 0 Å². The van der Waals surface area contributed by atoms with E-state index in [4.69, 9.17) is 16.4 Å². The maximum Gasteiger partial charge on any atom is 0.138 e. The van der Waals surface area contributed by atoms with E-state index >= 15 is 0 Å². The molecule has 0 saturated heterocycles. The van der Waals surface area contributed by atoms with Crippen LogP contribution < -0.4 is 5.73 Å². The van der Waals surface area contributed by atoms with Crippen molar-refractivity contribution in [3.63, 3.8) is 0 Å². The first-order chi connectivity index (χ1) is 7.24. The van der Waals surface area contributed by atoms with Crippen LogP contribution in [0.25, 0.3) is 10.4 Å². The van der Waals surface area contributed by atoms with Crippen LogP contribution in [-0.2, 0) is 0 Å². The highest BCUT2D eigenvalue weighted by Gasteiger charge is 1.95. The first-order valence-electron chi connectivity index (χ1n) is 4.32. The Balaban J connectivity index is 2.64. The second kappa shape index (κ2) is 5.43. The van der Waals surface area contributed by atoms with Gasteiger partial charge in [-0.15, -0.1) is 0 Å². The normalized spacial score (nSPS) is 8.53. The molecule has 0 unspecified atom stereocenters. The molecule has 0 aliphatic carbocycles. The molecule has 5 nitrogen and oxygen atoms in total. The molecule has 0 aromatic heterocycles. The number of rotatable bonds is 2. The van der Waals surface area contributed by atoms with Gasteiger partial charge in [-0.05, 0) is 23.7 Å². The van der Waals surface area contributed by atoms with E-state index in [1.165, 1.54) is 6.07 Å². The van der Waals surface area contributed by atoms with Crippen molar-refractivity contribution in [1.82, 2.24) is 0 Å². The molecule has 15 heavy (non-hydrogen) atoms. The van der Waals surface area contributed by atoms with E-state index in [0.29, 0.717) is 18.7 Å². The third kappa shape index (κ3) is 3.51. The number of phenolic OH excluding ortho intramolecular Hbond substituents is 1.